The van der Waals surface area contributed by atoms with Gasteiger partial charge >= 0.3 is 0 Å². The SMILES string of the molecule is Cc1cnn(C)c1Cc1ccnc(NC(=O)C(NC(=O)c2ccnn2C(C)C)C2CCC(C)CC2)c1. The Kier molecular flexibility index (Phi) is 7.86. The Morgan fingerprint density at radius 3 is 2.53 bits per heavy atom. The molecule has 36 heavy (non-hydrogen) atoms. The average Bonchev–Trinajstić information content (AvgIpc) is 3.46. The van der Waals surface area contributed by atoms with Gasteiger partial charge in [-0.05, 0) is 74.8 Å². The summed E-state index contributed by atoms with van der Waals surface area (Å²) in [6.07, 6.45) is 9.75. The summed E-state index contributed by atoms with van der Waals surface area (Å²) >= 11 is 0. The van der Waals surface area contributed by atoms with Gasteiger partial charge in [-0.3, -0.25) is 19.0 Å². The monoisotopic (exact) mass is 491 g/mol. The molecule has 0 saturated heterocycles. The van der Waals surface area contributed by atoms with E-state index in [2.05, 4.69) is 32.7 Å². The van der Waals surface area contributed by atoms with Gasteiger partial charge in [0.15, 0.2) is 0 Å². The fourth-order valence-electron chi connectivity index (χ4n) is 5.01. The highest BCUT2D eigenvalue weighted by atomic mass is 16.2. The Morgan fingerprint density at radius 2 is 1.86 bits per heavy atom. The molecular weight excluding hydrogens is 454 g/mol. The molecule has 9 nitrogen and oxygen atoms in total. The van der Waals surface area contributed by atoms with Gasteiger partial charge in [0.2, 0.25) is 5.91 Å². The van der Waals surface area contributed by atoms with E-state index < -0.39 is 6.04 Å². The fourth-order valence-corrected chi connectivity index (χ4v) is 5.01. The van der Waals surface area contributed by atoms with Gasteiger partial charge in [0.1, 0.15) is 17.6 Å². The van der Waals surface area contributed by atoms with Crippen LogP contribution in [-0.4, -0.2) is 42.4 Å². The maximum Gasteiger partial charge on any atom is 0.270 e. The molecule has 0 aliphatic heterocycles. The molecule has 1 unspecified atom stereocenters. The molecule has 2 N–H and O–H groups in total. The van der Waals surface area contributed by atoms with E-state index in [9.17, 15) is 9.59 Å². The molecule has 1 fully saturated rings. The smallest absolute Gasteiger partial charge is 0.270 e. The van der Waals surface area contributed by atoms with E-state index in [0.717, 1.165) is 42.5 Å². The largest absolute Gasteiger partial charge is 0.339 e. The van der Waals surface area contributed by atoms with E-state index >= 15 is 0 Å². The second-order valence-electron chi connectivity index (χ2n) is 10.3. The van der Waals surface area contributed by atoms with Crippen LogP contribution in [0.5, 0.6) is 0 Å². The van der Waals surface area contributed by atoms with Crippen molar-refractivity contribution in [3.05, 3.63) is 59.3 Å². The summed E-state index contributed by atoms with van der Waals surface area (Å²) in [7, 11) is 1.93. The van der Waals surface area contributed by atoms with Gasteiger partial charge in [0.05, 0.1) is 6.20 Å². The predicted molar refractivity (Wildman–Crippen MR) is 139 cm³/mol. The third-order valence-corrected chi connectivity index (χ3v) is 7.21. The van der Waals surface area contributed by atoms with Gasteiger partial charge < -0.3 is 10.6 Å². The first kappa shape index (κ1) is 25.6. The van der Waals surface area contributed by atoms with Crippen LogP contribution < -0.4 is 10.6 Å². The lowest BCUT2D eigenvalue weighted by Gasteiger charge is -2.32. The standard InChI is InChI=1S/C27H37N7O2/c1-17(2)34-22(11-13-29-34)26(35)32-25(21-8-6-18(3)7-9-21)27(36)31-24-15-20(10-12-28-24)14-23-19(4)16-30-33(23)5/h10-13,15-18,21,25H,6-9,14H2,1-5H3,(H,32,35)(H,28,31,36). The summed E-state index contributed by atoms with van der Waals surface area (Å²) < 4.78 is 3.55. The molecule has 0 radical (unpaired) electrons. The van der Waals surface area contributed by atoms with Gasteiger partial charge in [-0.1, -0.05) is 19.8 Å². The van der Waals surface area contributed by atoms with Crippen LogP contribution in [0.15, 0.2) is 36.8 Å². The second kappa shape index (κ2) is 11.1. The molecule has 0 bridgehead atoms. The van der Waals surface area contributed by atoms with Crippen LogP contribution in [0.25, 0.3) is 0 Å². The number of hydrogen-bond donors (Lipinski definition) is 2. The third kappa shape index (κ3) is 5.83. The fraction of sp³-hybridized carbons (Fsp3) is 0.519. The Morgan fingerprint density at radius 1 is 1.11 bits per heavy atom. The zero-order chi connectivity index (χ0) is 25.8. The number of pyridine rings is 1. The van der Waals surface area contributed by atoms with Crippen molar-refractivity contribution in [3.63, 3.8) is 0 Å². The topological polar surface area (TPSA) is 107 Å². The van der Waals surface area contributed by atoms with Gasteiger partial charge in [0.25, 0.3) is 5.91 Å². The Balaban J connectivity index is 1.52. The van der Waals surface area contributed by atoms with Gasteiger partial charge in [-0.15, -0.1) is 0 Å². The van der Waals surface area contributed by atoms with Crippen molar-refractivity contribution in [2.75, 3.05) is 5.32 Å². The minimum absolute atomic E-state index is 0.0403. The predicted octanol–water partition coefficient (Wildman–Crippen LogP) is 4.06. The highest BCUT2D eigenvalue weighted by Gasteiger charge is 2.33. The number of aromatic nitrogens is 5. The molecule has 1 aliphatic carbocycles. The number of nitrogens with zero attached hydrogens (tertiary/aromatic N) is 5. The number of carbonyl (C=O) groups is 2. The summed E-state index contributed by atoms with van der Waals surface area (Å²) in [4.78, 5) is 31.2. The Bertz CT molecular complexity index is 1180. The van der Waals surface area contributed by atoms with Crippen molar-refractivity contribution in [1.29, 1.82) is 0 Å². The highest BCUT2D eigenvalue weighted by Crippen LogP contribution is 2.31. The molecule has 0 aromatic carbocycles. The number of anilines is 1. The first-order valence-corrected chi connectivity index (χ1v) is 12.8. The molecule has 3 heterocycles. The van der Waals surface area contributed by atoms with Crippen molar-refractivity contribution >= 4 is 17.6 Å². The lowest BCUT2D eigenvalue weighted by Crippen LogP contribution is -2.49. The highest BCUT2D eigenvalue weighted by molar-refractivity contribution is 6.00. The van der Waals surface area contributed by atoms with Crippen molar-refractivity contribution in [1.82, 2.24) is 29.9 Å². The Hall–Kier alpha value is -3.49. The number of hydrogen-bond acceptors (Lipinski definition) is 5. The summed E-state index contributed by atoms with van der Waals surface area (Å²) in [5.74, 6) is 0.666. The first-order chi connectivity index (χ1) is 17.2. The van der Waals surface area contributed by atoms with Gasteiger partial charge in [0, 0.05) is 37.6 Å². The third-order valence-electron chi connectivity index (χ3n) is 7.21. The summed E-state index contributed by atoms with van der Waals surface area (Å²) in [5.41, 5.74) is 3.72. The normalized spacial score (nSPS) is 18.7. The number of nitrogens with one attached hydrogen (secondary N) is 2. The number of carbonyl (C=O) groups excluding carboxylic acids is 2. The van der Waals surface area contributed by atoms with Crippen LogP contribution >= 0.6 is 0 Å². The van der Waals surface area contributed by atoms with Gasteiger partial charge in [-0.25, -0.2) is 4.98 Å². The summed E-state index contributed by atoms with van der Waals surface area (Å²) in [6.45, 7) is 8.23. The maximum absolute atomic E-state index is 13.6. The van der Waals surface area contributed by atoms with Crippen LogP contribution in [0.4, 0.5) is 5.82 Å². The van der Waals surface area contributed by atoms with Crippen molar-refractivity contribution in [2.45, 2.75) is 71.9 Å². The molecule has 2 amide bonds. The molecule has 1 aliphatic rings. The zero-order valence-electron chi connectivity index (χ0n) is 21.9. The van der Waals surface area contributed by atoms with E-state index in [4.69, 9.17) is 0 Å². The number of aryl methyl sites for hydroxylation is 2. The zero-order valence-corrected chi connectivity index (χ0v) is 21.9. The second-order valence-corrected chi connectivity index (χ2v) is 10.3. The summed E-state index contributed by atoms with van der Waals surface area (Å²) in [5, 5.41) is 14.6. The lowest BCUT2D eigenvalue weighted by molar-refractivity contribution is -0.119. The molecular formula is C27H37N7O2. The van der Waals surface area contributed by atoms with Gasteiger partial charge in [-0.2, -0.15) is 10.2 Å². The van der Waals surface area contributed by atoms with E-state index in [0.29, 0.717) is 23.9 Å². The van der Waals surface area contributed by atoms with Crippen LogP contribution in [0, 0.1) is 18.8 Å². The van der Waals surface area contributed by atoms with E-state index in [1.165, 1.54) is 0 Å². The molecule has 3 aromatic heterocycles. The first-order valence-electron chi connectivity index (χ1n) is 12.8. The molecule has 192 valence electrons. The molecule has 1 saturated carbocycles. The molecule has 1 atom stereocenters. The quantitative estimate of drug-likeness (QED) is 0.494. The van der Waals surface area contributed by atoms with E-state index in [1.54, 1.807) is 23.1 Å². The van der Waals surface area contributed by atoms with E-state index in [-0.39, 0.29) is 23.8 Å². The van der Waals surface area contributed by atoms with Crippen LogP contribution in [0.2, 0.25) is 0 Å². The van der Waals surface area contributed by atoms with Crippen molar-refractivity contribution in [3.8, 4) is 0 Å². The minimum atomic E-state index is -0.648. The number of amides is 2. The minimum Gasteiger partial charge on any atom is -0.339 e. The van der Waals surface area contributed by atoms with Crippen LogP contribution in [0.3, 0.4) is 0 Å². The number of rotatable bonds is 8. The van der Waals surface area contributed by atoms with E-state index in [1.807, 2.05) is 50.8 Å². The average molecular weight is 492 g/mol. The molecule has 9 heteroatoms. The van der Waals surface area contributed by atoms with Crippen molar-refractivity contribution in [2.24, 2.45) is 18.9 Å². The summed E-state index contributed by atoms with van der Waals surface area (Å²) in [6, 6.07) is 4.92. The van der Waals surface area contributed by atoms with Crippen LogP contribution in [-0.2, 0) is 18.3 Å². The molecule has 0 spiro atoms. The lowest BCUT2D eigenvalue weighted by atomic mass is 9.79. The van der Waals surface area contributed by atoms with Crippen molar-refractivity contribution < 1.29 is 9.59 Å². The maximum atomic E-state index is 13.6. The Labute approximate surface area is 212 Å². The molecule has 4 rings (SSSR count). The van der Waals surface area contributed by atoms with Crippen LogP contribution in [0.1, 0.15) is 79.8 Å². The molecule has 3 aromatic rings.